The van der Waals surface area contributed by atoms with Gasteiger partial charge >= 0.3 is 0 Å². The molecule has 0 saturated heterocycles. The van der Waals surface area contributed by atoms with Crippen LogP contribution in [-0.4, -0.2) is 31.9 Å². The zero-order valence-electron chi connectivity index (χ0n) is 11.5. The van der Waals surface area contributed by atoms with Gasteiger partial charge in [-0.15, -0.1) is 0 Å². The summed E-state index contributed by atoms with van der Waals surface area (Å²) in [6.07, 6.45) is 0. The number of fused-ring (bicyclic) bond motifs is 1. The second-order valence-electron chi connectivity index (χ2n) is 4.20. The van der Waals surface area contributed by atoms with Crippen molar-refractivity contribution in [3.05, 3.63) is 36.0 Å². The summed E-state index contributed by atoms with van der Waals surface area (Å²) in [7, 11) is 1.91. The number of ether oxygens (including phenoxy) is 2. The van der Waals surface area contributed by atoms with E-state index in [0.717, 1.165) is 28.9 Å². The first-order chi connectivity index (χ1) is 9.35. The minimum atomic E-state index is 0.556. The van der Waals surface area contributed by atoms with Crippen molar-refractivity contribution in [1.29, 1.82) is 0 Å². The average molecular weight is 260 g/mol. The van der Waals surface area contributed by atoms with Crippen LogP contribution in [-0.2, 0) is 11.3 Å². The molecular formula is C15H20N2O2. The van der Waals surface area contributed by atoms with Crippen LogP contribution in [0, 0.1) is 0 Å². The average Bonchev–Trinajstić information content (AvgIpc) is 2.44. The first-order valence-electron chi connectivity index (χ1n) is 6.59. The molecule has 0 amide bonds. The third-order valence-electron chi connectivity index (χ3n) is 2.78. The van der Waals surface area contributed by atoms with Crippen LogP contribution < -0.4 is 10.1 Å². The van der Waals surface area contributed by atoms with Crippen molar-refractivity contribution in [2.45, 2.75) is 13.5 Å². The van der Waals surface area contributed by atoms with E-state index in [9.17, 15) is 0 Å². The van der Waals surface area contributed by atoms with E-state index in [1.54, 1.807) is 0 Å². The third-order valence-corrected chi connectivity index (χ3v) is 2.78. The maximum absolute atomic E-state index is 5.82. The van der Waals surface area contributed by atoms with Gasteiger partial charge in [0.25, 0.3) is 0 Å². The predicted octanol–water partition coefficient (Wildman–Crippen LogP) is 2.37. The quantitative estimate of drug-likeness (QED) is 0.776. The lowest BCUT2D eigenvalue weighted by Crippen LogP contribution is -2.09. The molecule has 4 heteroatoms. The van der Waals surface area contributed by atoms with E-state index in [2.05, 4.69) is 10.3 Å². The summed E-state index contributed by atoms with van der Waals surface area (Å²) in [5.41, 5.74) is 1.94. The molecule has 4 nitrogen and oxygen atoms in total. The molecule has 0 unspecified atom stereocenters. The van der Waals surface area contributed by atoms with Crippen LogP contribution >= 0.6 is 0 Å². The summed E-state index contributed by atoms with van der Waals surface area (Å²) in [5, 5.41) is 4.15. The van der Waals surface area contributed by atoms with Gasteiger partial charge in [-0.25, -0.2) is 0 Å². The second-order valence-corrected chi connectivity index (χ2v) is 4.20. The number of nitrogens with zero attached hydrogens (tertiary/aromatic N) is 1. The third kappa shape index (κ3) is 3.66. The zero-order chi connectivity index (χ0) is 13.5. The number of pyridine rings is 1. The lowest BCUT2D eigenvalue weighted by Gasteiger charge is -2.11. The molecule has 0 aliphatic heterocycles. The van der Waals surface area contributed by atoms with Crippen molar-refractivity contribution < 1.29 is 9.47 Å². The molecule has 1 aromatic heterocycles. The normalized spacial score (nSPS) is 10.8. The highest BCUT2D eigenvalue weighted by Crippen LogP contribution is 2.25. The van der Waals surface area contributed by atoms with Crippen molar-refractivity contribution in [3.63, 3.8) is 0 Å². The van der Waals surface area contributed by atoms with Crippen LogP contribution in [0.1, 0.15) is 12.6 Å². The minimum absolute atomic E-state index is 0.556. The molecule has 0 bridgehead atoms. The molecular weight excluding hydrogens is 240 g/mol. The molecule has 2 rings (SSSR count). The lowest BCUT2D eigenvalue weighted by molar-refractivity contribution is 0.110. The van der Waals surface area contributed by atoms with Crippen LogP contribution in [0.2, 0.25) is 0 Å². The van der Waals surface area contributed by atoms with Gasteiger partial charge in [0.15, 0.2) is 0 Å². The van der Waals surface area contributed by atoms with Crippen molar-refractivity contribution in [2.24, 2.45) is 0 Å². The lowest BCUT2D eigenvalue weighted by atomic mass is 10.2. The molecule has 0 radical (unpaired) electrons. The fraction of sp³-hybridized carbons (Fsp3) is 0.400. The SMILES string of the molecule is CCOCCOc1cc(CNC)nc2ccccc12. The highest BCUT2D eigenvalue weighted by molar-refractivity contribution is 5.85. The summed E-state index contributed by atoms with van der Waals surface area (Å²) in [6, 6.07) is 10.0. The number of hydrogen-bond acceptors (Lipinski definition) is 4. The molecule has 0 aliphatic carbocycles. The zero-order valence-corrected chi connectivity index (χ0v) is 11.5. The van der Waals surface area contributed by atoms with Gasteiger partial charge in [-0.05, 0) is 26.1 Å². The van der Waals surface area contributed by atoms with Crippen molar-refractivity contribution >= 4 is 10.9 Å². The molecule has 0 fully saturated rings. The Labute approximate surface area is 113 Å². The summed E-state index contributed by atoms with van der Waals surface area (Å²) < 4.78 is 11.1. The number of aromatic nitrogens is 1. The number of benzene rings is 1. The van der Waals surface area contributed by atoms with Crippen LogP contribution in [0.3, 0.4) is 0 Å². The van der Waals surface area contributed by atoms with Crippen LogP contribution in [0.5, 0.6) is 5.75 Å². The van der Waals surface area contributed by atoms with Crippen molar-refractivity contribution in [2.75, 3.05) is 26.9 Å². The molecule has 0 atom stereocenters. The Morgan fingerprint density at radius 1 is 1.21 bits per heavy atom. The molecule has 102 valence electrons. The molecule has 1 N–H and O–H groups in total. The highest BCUT2D eigenvalue weighted by atomic mass is 16.5. The summed E-state index contributed by atoms with van der Waals surface area (Å²) in [4.78, 5) is 4.60. The van der Waals surface area contributed by atoms with Gasteiger partial charge < -0.3 is 14.8 Å². The van der Waals surface area contributed by atoms with Crippen molar-refractivity contribution in [3.8, 4) is 5.75 Å². The highest BCUT2D eigenvalue weighted by Gasteiger charge is 2.06. The Hall–Kier alpha value is -1.65. The van der Waals surface area contributed by atoms with Crippen LogP contribution in [0.4, 0.5) is 0 Å². The van der Waals surface area contributed by atoms with E-state index in [1.807, 2.05) is 44.3 Å². The van der Waals surface area contributed by atoms with Gasteiger partial charge in [-0.2, -0.15) is 0 Å². The Bertz CT molecular complexity index is 529. The summed E-state index contributed by atoms with van der Waals surface area (Å²) in [6.45, 7) is 4.58. The Morgan fingerprint density at radius 2 is 2.05 bits per heavy atom. The van der Waals surface area contributed by atoms with Crippen molar-refractivity contribution in [1.82, 2.24) is 10.3 Å². The number of rotatable bonds is 7. The van der Waals surface area contributed by atoms with Gasteiger partial charge in [0.05, 0.1) is 17.8 Å². The standard InChI is InChI=1S/C15H20N2O2/c1-3-18-8-9-19-15-10-12(11-16-2)17-14-7-5-4-6-13(14)15/h4-7,10,16H,3,8-9,11H2,1-2H3. The van der Waals surface area contributed by atoms with E-state index in [1.165, 1.54) is 0 Å². The molecule has 1 aromatic carbocycles. The van der Waals surface area contributed by atoms with E-state index in [4.69, 9.17) is 9.47 Å². The fourth-order valence-electron chi connectivity index (χ4n) is 1.94. The second kappa shape index (κ2) is 7.07. The van der Waals surface area contributed by atoms with Crippen LogP contribution in [0.15, 0.2) is 30.3 Å². The predicted molar refractivity (Wildman–Crippen MR) is 76.5 cm³/mol. The number of hydrogen-bond donors (Lipinski definition) is 1. The van der Waals surface area contributed by atoms with E-state index in [0.29, 0.717) is 19.8 Å². The van der Waals surface area contributed by atoms with Gasteiger partial charge in [0, 0.05) is 24.6 Å². The number of para-hydroxylation sites is 1. The van der Waals surface area contributed by atoms with Gasteiger partial charge in [0.2, 0.25) is 0 Å². The van der Waals surface area contributed by atoms with Crippen LogP contribution in [0.25, 0.3) is 10.9 Å². The van der Waals surface area contributed by atoms with Gasteiger partial charge in [-0.3, -0.25) is 4.98 Å². The molecule has 0 saturated carbocycles. The Balaban J connectivity index is 2.23. The summed E-state index contributed by atoms with van der Waals surface area (Å²) >= 11 is 0. The monoisotopic (exact) mass is 260 g/mol. The van der Waals surface area contributed by atoms with E-state index in [-0.39, 0.29) is 0 Å². The molecule has 0 aliphatic rings. The molecule has 0 spiro atoms. The smallest absolute Gasteiger partial charge is 0.130 e. The Kier molecular flexibility index (Phi) is 5.12. The molecule has 19 heavy (non-hydrogen) atoms. The maximum Gasteiger partial charge on any atom is 0.130 e. The number of nitrogens with one attached hydrogen (secondary N) is 1. The van der Waals surface area contributed by atoms with E-state index >= 15 is 0 Å². The Morgan fingerprint density at radius 3 is 2.84 bits per heavy atom. The largest absolute Gasteiger partial charge is 0.490 e. The maximum atomic E-state index is 5.82. The summed E-state index contributed by atoms with van der Waals surface area (Å²) in [5.74, 6) is 0.871. The fourth-order valence-corrected chi connectivity index (χ4v) is 1.94. The minimum Gasteiger partial charge on any atom is -0.490 e. The first-order valence-corrected chi connectivity index (χ1v) is 6.59. The first kappa shape index (κ1) is 13.8. The van der Waals surface area contributed by atoms with E-state index < -0.39 is 0 Å². The van der Waals surface area contributed by atoms with Gasteiger partial charge in [0.1, 0.15) is 12.4 Å². The molecule has 1 heterocycles. The van der Waals surface area contributed by atoms with Gasteiger partial charge in [-0.1, -0.05) is 12.1 Å². The molecule has 2 aromatic rings. The topological polar surface area (TPSA) is 43.4 Å².